The predicted octanol–water partition coefficient (Wildman–Crippen LogP) is 0.530. The topological polar surface area (TPSA) is 201 Å². The third-order valence-electron chi connectivity index (χ3n) is 7.66. The van der Waals surface area contributed by atoms with Gasteiger partial charge < -0.3 is 29.9 Å². The molecule has 2 aliphatic heterocycles. The van der Waals surface area contributed by atoms with Crippen LogP contribution in [-0.2, 0) is 19.6 Å². The zero-order chi connectivity index (χ0) is 32.4. The molecule has 14 nitrogen and oxygen atoms in total. The number of nitrogens with zero attached hydrogens (tertiary/aromatic N) is 2. The Bertz CT molecular complexity index is 1620. The largest absolute Gasteiger partial charge is 0.631 e. The average Bonchev–Trinajstić information content (AvgIpc) is 3.02. The number of carbonyl (C=O) groups excluding carboxylic acids is 2. The van der Waals surface area contributed by atoms with Gasteiger partial charge in [0.1, 0.15) is 17.5 Å². The molecule has 2 aliphatic rings. The lowest BCUT2D eigenvalue weighted by Crippen LogP contribution is -2.71. The molecule has 6 N–H and O–H groups in total. The standard InChI is InChI=1S/C29H32ClN5O9S/c30-19-3-9-23(10-4-19)44-22-7-1-18(2-8-22)27-28(38)34(26(37)15-35(27,41)21-13-31-17-32-14-21)20-5-11-24(12-6-20)45(42,43)33-25(16-36)29(39)40/h1-12,21,25,27,29,31-33,36,39-40H,13-17H2. The van der Waals surface area contributed by atoms with Crippen LogP contribution in [0.15, 0.2) is 77.7 Å². The molecule has 2 saturated heterocycles. The summed E-state index contributed by atoms with van der Waals surface area (Å²) in [7, 11) is -4.31. The van der Waals surface area contributed by atoms with Crippen LogP contribution in [-0.4, -0.2) is 91.5 Å². The molecule has 0 spiro atoms. The number of aliphatic hydroxyl groups excluding tert-OH is 2. The van der Waals surface area contributed by atoms with E-state index in [1.54, 1.807) is 48.5 Å². The highest BCUT2D eigenvalue weighted by Gasteiger charge is 2.52. The number of benzene rings is 3. The van der Waals surface area contributed by atoms with E-state index in [4.69, 9.17) is 16.3 Å². The fourth-order valence-corrected chi connectivity index (χ4v) is 6.70. The summed E-state index contributed by atoms with van der Waals surface area (Å²) in [5.74, 6) is -0.552. The molecule has 0 radical (unpaired) electrons. The van der Waals surface area contributed by atoms with Crippen molar-refractivity contribution in [2.75, 3.05) is 37.8 Å². The van der Waals surface area contributed by atoms with E-state index in [2.05, 4.69) is 10.6 Å². The first-order valence-electron chi connectivity index (χ1n) is 13.9. The number of halogens is 1. The maximum Gasteiger partial charge on any atom is 0.297 e. The van der Waals surface area contributed by atoms with Gasteiger partial charge in [-0.25, -0.2) is 18.0 Å². The summed E-state index contributed by atoms with van der Waals surface area (Å²) in [6, 6.07) is 14.3. The van der Waals surface area contributed by atoms with Gasteiger partial charge >= 0.3 is 0 Å². The van der Waals surface area contributed by atoms with Crippen molar-refractivity contribution in [2.24, 2.45) is 0 Å². The normalized spacial score (nSPS) is 22.1. The minimum absolute atomic E-state index is 0.0451. The summed E-state index contributed by atoms with van der Waals surface area (Å²) in [6.45, 7) is -0.388. The predicted molar refractivity (Wildman–Crippen MR) is 162 cm³/mol. The summed E-state index contributed by atoms with van der Waals surface area (Å²) in [5.41, 5.74) is 0.409. The van der Waals surface area contributed by atoms with Crippen LogP contribution in [0.25, 0.3) is 0 Å². The highest BCUT2D eigenvalue weighted by atomic mass is 35.5. The Morgan fingerprint density at radius 2 is 1.56 bits per heavy atom. The van der Waals surface area contributed by atoms with Gasteiger partial charge in [0, 0.05) is 17.3 Å². The van der Waals surface area contributed by atoms with E-state index in [1.807, 2.05) is 4.72 Å². The number of aliphatic hydroxyl groups is 3. The lowest BCUT2D eigenvalue weighted by molar-refractivity contribution is -0.918. The van der Waals surface area contributed by atoms with E-state index in [1.165, 1.54) is 12.1 Å². The lowest BCUT2D eigenvalue weighted by atomic mass is 9.96. The second-order valence-corrected chi connectivity index (χ2v) is 12.8. The van der Waals surface area contributed by atoms with Crippen LogP contribution in [0.1, 0.15) is 11.6 Å². The fourth-order valence-electron chi connectivity index (χ4n) is 5.35. The molecule has 16 heteroatoms. The molecule has 3 atom stereocenters. The monoisotopic (exact) mass is 661 g/mol. The molecule has 2 heterocycles. The number of hydrogen-bond acceptors (Lipinski definition) is 11. The number of carbonyl (C=O) groups is 2. The Morgan fingerprint density at radius 3 is 2.11 bits per heavy atom. The number of quaternary nitrogens is 1. The first-order valence-corrected chi connectivity index (χ1v) is 15.8. The van der Waals surface area contributed by atoms with Gasteiger partial charge in [-0.05, 0) is 72.8 Å². The zero-order valence-electron chi connectivity index (χ0n) is 23.7. The van der Waals surface area contributed by atoms with Crippen LogP contribution in [0.2, 0.25) is 5.02 Å². The summed E-state index contributed by atoms with van der Waals surface area (Å²) in [6.07, 6.45) is -2.15. The first kappa shape index (κ1) is 32.9. The SMILES string of the molecule is O=C1C[N+]([O-])(C2CNCNC2)C(c2ccc(Oc3ccc(Cl)cc3)cc2)C(=O)N1c1ccc(S(=O)(=O)NC(CO)C(O)O)cc1. The first-order chi connectivity index (χ1) is 21.4. The zero-order valence-corrected chi connectivity index (χ0v) is 25.3. The Kier molecular flexibility index (Phi) is 9.85. The maximum atomic E-state index is 14.6. The van der Waals surface area contributed by atoms with Crippen LogP contribution in [0.5, 0.6) is 11.5 Å². The quantitative estimate of drug-likeness (QED) is 0.0766. The summed E-state index contributed by atoms with van der Waals surface area (Å²) >= 11 is 5.94. The van der Waals surface area contributed by atoms with Crippen molar-refractivity contribution in [2.45, 2.75) is 29.3 Å². The summed E-state index contributed by atoms with van der Waals surface area (Å²) in [4.78, 5) is 28.2. The van der Waals surface area contributed by atoms with Crippen LogP contribution in [0.4, 0.5) is 5.69 Å². The van der Waals surface area contributed by atoms with E-state index in [0.29, 0.717) is 28.8 Å². The molecule has 5 rings (SSSR count). The number of sulfonamides is 1. The fraction of sp³-hybridized carbons (Fsp3) is 0.310. The van der Waals surface area contributed by atoms with Crippen molar-refractivity contribution in [3.63, 3.8) is 0 Å². The molecule has 0 aromatic heterocycles. The molecule has 45 heavy (non-hydrogen) atoms. The van der Waals surface area contributed by atoms with Crippen molar-refractivity contribution >= 4 is 39.1 Å². The second-order valence-electron chi connectivity index (χ2n) is 10.7. The van der Waals surface area contributed by atoms with Crippen LogP contribution < -0.4 is 25.0 Å². The Hall–Kier alpha value is -3.48. The lowest BCUT2D eigenvalue weighted by Gasteiger charge is -2.56. The van der Waals surface area contributed by atoms with Gasteiger partial charge in [-0.3, -0.25) is 20.2 Å². The van der Waals surface area contributed by atoms with Crippen LogP contribution >= 0.6 is 11.6 Å². The van der Waals surface area contributed by atoms with Crippen molar-refractivity contribution in [1.29, 1.82) is 0 Å². The van der Waals surface area contributed by atoms with Crippen molar-refractivity contribution in [3.05, 3.63) is 88.6 Å². The van der Waals surface area contributed by atoms with Gasteiger partial charge in [0.2, 0.25) is 10.0 Å². The summed E-state index contributed by atoms with van der Waals surface area (Å²) in [5, 5.41) is 49.1. The second kappa shape index (κ2) is 13.5. The van der Waals surface area contributed by atoms with Gasteiger partial charge in [-0.2, -0.15) is 0 Å². The number of anilines is 1. The molecule has 3 aromatic carbocycles. The van der Waals surface area contributed by atoms with Crippen molar-refractivity contribution in [3.8, 4) is 11.5 Å². The number of hydrogen-bond donors (Lipinski definition) is 6. The van der Waals surface area contributed by atoms with E-state index in [9.17, 15) is 38.5 Å². The van der Waals surface area contributed by atoms with Crippen LogP contribution in [0, 0.1) is 5.21 Å². The maximum absolute atomic E-state index is 14.6. The molecular formula is C29H32ClN5O9S. The Morgan fingerprint density at radius 1 is 0.978 bits per heavy atom. The molecule has 3 aromatic rings. The molecule has 3 unspecified atom stereocenters. The van der Waals surface area contributed by atoms with Gasteiger partial charge in [0.15, 0.2) is 18.9 Å². The molecule has 2 amide bonds. The number of hydroxylamine groups is 3. The molecular weight excluding hydrogens is 630 g/mol. The van der Waals surface area contributed by atoms with E-state index >= 15 is 0 Å². The molecule has 0 aliphatic carbocycles. The van der Waals surface area contributed by atoms with Crippen LogP contribution in [0.3, 0.4) is 0 Å². The Labute approximate surface area is 264 Å². The third-order valence-corrected chi connectivity index (χ3v) is 9.42. The number of piperazine rings is 1. The molecule has 240 valence electrons. The summed E-state index contributed by atoms with van der Waals surface area (Å²) < 4.78 is 32.1. The van der Waals surface area contributed by atoms with E-state index < -0.39 is 64.1 Å². The number of amides is 2. The van der Waals surface area contributed by atoms with Gasteiger partial charge in [-0.15, -0.1) is 0 Å². The number of ether oxygens (including phenoxy) is 1. The molecule has 0 saturated carbocycles. The van der Waals surface area contributed by atoms with Crippen molar-refractivity contribution < 1.29 is 42.7 Å². The number of imide groups is 1. The van der Waals surface area contributed by atoms with E-state index in [0.717, 1.165) is 17.0 Å². The Balaban J connectivity index is 1.45. The van der Waals surface area contributed by atoms with Crippen molar-refractivity contribution in [1.82, 2.24) is 15.4 Å². The van der Waals surface area contributed by atoms with E-state index in [-0.39, 0.29) is 23.7 Å². The third kappa shape index (κ3) is 7.02. The average molecular weight is 662 g/mol. The van der Waals surface area contributed by atoms with Gasteiger partial charge in [0.05, 0.1) is 36.3 Å². The highest BCUT2D eigenvalue weighted by molar-refractivity contribution is 7.89. The van der Waals surface area contributed by atoms with Gasteiger partial charge in [0.25, 0.3) is 11.8 Å². The number of rotatable bonds is 10. The molecule has 0 bridgehead atoms. The minimum Gasteiger partial charge on any atom is -0.631 e. The minimum atomic E-state index is -4.31. The number of nitrogens with one attached hydrogen (secondary N) is 3. The van der Waals surface area contributed by atoms with Gasteiger partial charge in [-0.1, -0.05) is 11.6 Å². The smallest absolute Gasteiger partial charge is 0.297 e. The molecule has 2 fully saturated rings. The highest BCUT2D eigenvalue weighted by Crippen LogP contribution is 2.39.